The number of carbonyl (C=O) groups is 2. The first-order chi connectivity index (χ1) is 28.0. The third kappa shape index (κ3) is 12.8. The van der Waals surface area contributed by atoms with Gasteiger partial charge < -0.3 is 29.4 Å². The van der Waals surface area contributed by atoms with E-state index < -0.39 is 41.7 Å². The first-order valence-electron chi connectivity index (χ1n) is 18.8. The molecule has 1 saturated heterocycles. The Kier molecular flexibility index (Phi) is 14.5. The Morgan fingerprint density at radius 3 is 1.75 bits per heavy atom. The van der Waals surface area contributed by atoms with Gasteiger partial charge in [0.1, 0.15) is 26.1 Å². The normalized spacial score (nSPS) is 14.4. The topological polar surface area (TPSA) is 181 Å². The molecule has 1 fully saturated rings. The number of nitrogens with one attached hydrogen (secondary N) is 2. The predicted octanol–water partition coefficient (Wildman–Crippen LogP) is 8.02. The average molecular weight is 927 g/mol. The quantitative estimate of drug-likeness (QED) is 0.154. The molecule has 20 heteroatoms. The fourth-order valence-corrected chi connectivity index (χ4v) is 5.92. The first kappa shape index (κ1) is 46.2. The van der Waals surface area contributed by atoms with E-state index in [4.69, 9.17) is 42.0 Å². The van der Waals surface area contributed by atoms with Gasteiger partial charge in [0.2, 0.25) is 0 Å². The van der Waals surface area contributed by atoms with Crippen molar-refractivity contribution in [3.63, 3.8) is 0 Å². The van der Waals surface area contributed by atoms with Gasteiger partial charge >= 0.3 is 19.3 Å². The van der Waals surface area contributed by atoms with E-state index in [0.29, 0.717) is 29.0 Å². The van der Waals surface area contributed by atoms with Crippen LogP contribution in [-0.2, 0) is 31.9 Å². The molecule has 7 rings (SSSR count). The largest absolute Gasteiger partial charge is 0.496 e. The van der Waals surface area contributed by atoms with Crippen molar-refractivity contribution in [2.24, 2.45) is 0 Å². The molecule has 0 aromatic carbocycles. The highest BCUT2D eigenvalue weighted by Crippen LogP contribution is 2.36. The minimum absolute atomic E-state index is 0.306. The number of amides is 2. The van der Waals surface area contributed by atoms with Crippen LogP contribution in [0.4, 0.5) is 9.59 Å². The number of hydrogen-bond donors (Lipinski definition) is 2. The van der Waals surface area contributed by atoms with Crippen molar-refractivity contribution in [3.05, 3.63) is 99.6 Å². The number of pyridine rings is 2. The molecular weight excluding hydrogens is 878 g/mol. The molecule has 0 atom stereocenters. The van der Waals surface area contributed by atoms with Gasteiger partial charge in [0.25, 0.3) is 0 Å². The third-order valence-corrected chi connectivity index (χ3v) is 9.67. The minimum Gasteiger partial charge on any atom is -0.444 e. The standard InChI is InChI=1S/C17H27BN2O4.C17H18ClN5O2.C6H3BrClN3/c1-15(2,3)22-14(21)20-10-12-8-13(11-19-9-12)18-23-16(4,5)17(6,7)24-18;1-17(2,3)25-16(24)21-8-11-6-12(9-19-7-11)13-10-20-15-5-4-14(18)22-23(13)15;7-4-3-9-6-2-1-5(8)10-11(4)6/h8-9,11H,10H2,1-7H3,(H,20,21);4-7,9-10H,8H2,1-3H3,(H,21,24);1-3H. The van der Waals surface area contributed by atoms with Gasteiger partial charge in [-0.05, 0) is 127 Å². The van der Waals surface area contributed by atoms with Gasteiger partial charge in [-0.15, -0.1) is 0 Å². The lowest BCUT2D eigenvalue weighted by Gasteiger charge is -2.32. The maximum absolute atomic E-state index is 11.8. The number of hydrogen-bond acceptors (Lipinski definition) is 12. The molecule has 6 aromatic rings. The molecule has 2 N–H and O–H groups in total. The molecule has 0 unspecified atom stereocenters. The SMILES string of the molecule is CC(C)(C)OC(=O)NCc1cncc(-c2cnc3ccc(Cl)nn23)c1.CC(C)(C)OC(=O)NCc1cncc(B2OC(C)(C)C(C)(C)O2)c1.Clc1ccc2ncc(Br)n2n1. The maximum Gasteiger partial charge on any atom is 0.496 e. The van der Waals surface area contributed by atoms with Crippen LogP contribution in [-0.4, -0.2) is 80.9 Å². The van der Waals surface area contributed by atoms with Gasteiger partial charge in [-0.2, -0.15) is 10.2 Å². The van der Waals surface area contributed by atoms with Crippen LogP contribution in [0.15, 0.2) is 78.2 Å². The van der Waals surface area contributed by atoms with Crippen molar-refractivity contribution in [3.8, 4) is 11.3 Å². The summed E-state index contributed by atoms with van der Waals surface area (Å²) in [5.74, 6) is 0. The van der Waals surface area contributed by atoms with E-state index in [1.54, 1.807) is 70.5 Å². The summed E-state index contributed by atoms with van der Waals surface area (Å²) in [6, 6.07) is 10.8. The lowest BCUT2D eigenvalue weighted by atomic mass is 9.80. The van der Waals surface area contributed by atoms with Gasteiger partial charge in [0.15, 0.2) is 11.3 Å². The van der Waals surface area contributed by atoms with E-state index in [0.717, 1.165) is 38.1 Å². The zero-order chi connectivity index (χ0) is 44.0. The van der Waals surface area contributed by atoms with Crippen LogP contribution in [0, 0.1) is 0 Å². The van der Waals surface area contributed by atoms with Crippen LogP contribution in [0.5, 0.6) is 0 Å². The molecule has 0 bridgehead atoms. The van der Waals surface area contributed by atoms with Crippen molar-refractivity contribution in [1.29, 1.82) is 0 Å². The van der Waals surface area contributed by atoms with Crippen LogP contribution in [0.3, 0.4) is 0 Å². The summed E-state index contributed by atoms with van der Waals surface area (Å²) in [5.41, 5.74) is 3.72. The van der Waals surface area contributed by atoms with E-state index in [-0.39, 0.29) is 0 Å². The minimum atomic E-state index is -0.536. The molecule has 7 heterocycles. The second-order valence-corrected chi connectivity index (χ2v) is 18.2. The van der Waals surface area contributed by atoms with E-state index in [9.17, 15) is 9.59 Å². The van der Waals surface area contributed by atoms with Gasteiger partial charge in [-0.25, -0.2) is 28.6 Å². The summed E-state index contributed by atoms with van der Waals surface area (Å²) < 4.78 is 26.6. The molecule has 0 saturated carbocycles. The van der Waals surface area contributed by atoms with E-state index in [1.165, 1.54) is 0 Å². The van der Waals surface area contributed by atoms with Crippen LogP contribution >= 0.6 is 39.1 Å². The Hall–Kier alpha value is -4.88. The smallest absolute Gasteiger partial charge is 0.444 e. The maximum atomic E-state index is 11.8. The number of ether oxygens (including phenoxy) is 2. The Labute approximate surface area is 367 Å². The Bertz CT molecular complexity index is 2440. The summed E-state index contributed by atoms with van der Waals surface area (Å²) in [5, 5.41) is 14.5. The van der Waals surface area contributed by atoms with Crippen molar-refractivity contribution < 1.29 is 28.4 Å². The molecule has 1 aliphatic rings. The fraction of sp³-hybridized carbons (Fsp3) is 0.400. The zero-order valence-electron chi connectivity index (χ0n) is 35.1. The van der Waals surface area contributed by atoms with Gasteiger partial charge in [-0.3, -0.25) is 9.97 Å². The molecule has 16 nitrogen and oxygen atoms in total. The van der Waals surface area contributed by atoms with Crippen LogP contribution in [0.1, 0.15) is 80.4 Å². The average Bonchev–Trinajstić information content (AvgIpc) is 3.80. The lowest BCUT2D eigenvalue weighted by Crippen LogP contribution is -2.41. The van der Waals surface area contributed by atoms with E-state index in [1.807, 2.05) is 81.4 Å². The number of halogens is 3. The molecule has 1 aliphatic heterocycles. The predicted molar refractivity (Wildman–Crippen MR) is 233 cm³/mol. The highest BCUT2D eigenvalue weighted by atomic mass is 79.9. The van der Waals surface area contributed by atoms with Crippen LogP contribution in [0.2, 0.25) is 10.3 Å². The van der Waals surface area contributed by atoms with Crippen molar-refractivity contribution in [1.82, 2.24) is 49.8 Å². The highest BCUT2D eigenvalue weighted by molar-refractivity contribution is 9.10. The second-order valence-electron chi connectivity index (χ2n) is 16.6. The Morgan fingerprint density at radius 2 is 1.20 bits per heavy atom. The van der Waals surface area contributed by atoms with Crippen molar-refractivity contribution >= 4 is 75.2 Å². The van der Waals surface area contributed by atoms with Crippen molar-refractivity contribution in [2.75, 3.05) is 0 Å². The first-order valence-corrected chi connectivity index (χ1v) is 20.4. The summed E-state index contributed by atoms with van der Waals surface area (Å²) >= 11 is 14.9. The molecule has 0 aliphatic carbocycles. The van der Waals surface area contributed by atoms with Gasteiger partial charge in [0, 0.05) is 48.9 Å². The zero-order valence-corrected chi connectivity index (χ0v) is 38.2. The summed E-state index contributed by atoms with van der Waals surface area (Å²) in [4.78, 5) is 40.3. The molecule has 318 valence electrons. The van der Waals surface area contributed by atoms with Crippen LogP contribution in [0.25, 0.3) is 22.6 Å². The number of carbonyl (C=O) groups excluding carboxylic acids is 2. The number of rotatable bonds is 6. The monoisotopic (exact) mass is 924 g/mol. The highest BCUT2D eigenvalue weighted by Gasteiger charge is 2.51. The molecule has 2 amide bonds. The summed E-state index contributed by atoms with van der Waals surface area (Å²) in [6.45, 7) is 19.6. The summed E-state index contributed by atoms with van der Waals surface area (Å²) in [6.07, 6.45) is 9.28. The van der Waals surface area contributed by atoms with Crippen LogP contribution < -0.4 is 16.1 Å². The molecule has 0 spiro atoms. The Morgan fingerprint density at radius 1 is 0.717 bits per heavy atom. The molecular formula is C40H48BBrCl2N10O6. The Balaban J connectivity index is 0.000000182. The number of imidazole rings is 2. The number of aromatic nitrogens is 8. The lowest BCUT2D eigenvalue weighted by molar-refractivity contribution is 0.00578. The molecule has 6 aromatic heterocycles. The van der Waals surface area contributed by atoms with Gasteiger partial charge in [0.05, 0.1) is 29.3 Å². The van der Waals surface area contributed by atoms with Crippen molar-refractivity contribution in [2.45, 2.75) is 105 Å². The molecule has 0 radical (unpaired) electrons. The third-order valence-electron chi connectivity index (χ3n) is 8.72. The number of nitrogens with zero attached hydrogens (tertiary/aromatic N) is 8. The molecule has 60 heavy (non-hydrogen) atoms. The van der Waals surface area contributed by atoms with E-state index in [2.05, 4.69) is 56.7 Å². The summed E-state index contributed by atoms with van der Waals surface area (Å²) in [7, 11) is -0.469. The second kappa shape index (κ2) is 18.8. The number of alkyl carbamates (subject to hydrolysis) is 2. The fourth-order valence-electron chi connectivity index (χ4n) is 5.28. The van der Waals surface area contributed by atoms with E-state index >= 15 is 0 Å². The van der Waals surface area contributed by atoms with Gasteiger partial charge in [-0.1, -0.05) is 29.3 Å². The number of fused-ring (bicyclic) bond motifs is 2.